The van der Waals surface area contributed by atoms with Gasteiger partial charge in [-0.2, -0.15) is 18.3 Å². The van der Waals surface area contributed by atoms with Gasteiger partial charge in [-0.25, -0.2) is 15.0 Å². The lowest BCUT2D eigenvalue weighted by atomic mass is 9.96. The fourth-order valence-electron chi connectivity index (χ4n) is 5.08. The van der Waals surface area contributed by atoms with Crippen molar-refractivity contribution in [2.45, 2.75) is 12.2 Å². The Morgan fingerprint density at radius 3 is 2.61 bits per heavy atom. The molecule has 6 rings (SSSR count). The predicted octanol–water partition coefficient (Wildman–Crippen LogP) is 1.60. The van der Waals surface area contributed by atoms with Crippen LogP contribution in [-0.2, 0) is 13.2 Å². The number of imidazole rings is 1. The molecule has 1 unspecified atom stereocenters. The summed E-state index contributed by atoms with van der Waals surface area (Å²) in [4.78, 5) is 30.6. The normalized spacial score (nSPS) is 19.0. The Morgan fingerprint density at radius 2 is 1.87 bits per heavy atom. The van der Waals surface area contributed by atoms with Crippen molar-refractivity contribution in [3.8, 4) is 11.5 Å². The van der Waals surface area contributed by atoms with Gasteiger partial charge in [-0.1, -0.05) is 0 Å². The van der Waals surface area contributed by atoms with Gasteiger partial charge in [0.1, 0.15) is 17.2 Å². The van der Waals surface area contributed by atoms with Crippen LogP contribution in [0.15, 0.2) is 49.2 Å². The molecule has 0 spiro atoms. The van der Waals surface area contributed by atoms with Crippen molar-refractivity contribution < 1.29 is 18.0 Å². The minimum atomic E-state index is -4.48. The molecule has 4 aromatic heterocycles. The number of pyridine rings is 1. The first-order valence-electron chi connectivity index (χ1n) is 12.2. The van der Waals surface area contributed by atoms with Crippen molar-refractivity contribution in [2.24, 2.45) is 13.0 Å². The molecule has 0 radical (unpaired) electrons. The first kappa shape index (κ1) is 24.3. The number of rotatable bonds is 4. The first-order valence-corrected chi connectivity index (χ1v) is 12.2. The highest BCUT2D eigenvalue weighted by molar-refractivity contribution is 5.94. The topological polar surface area (TPSA) is 109 Å². The zero-order valence-electron chi connectivity index (χ0n) is 20.4. The van der Waals surface area contributed by atoms with E-state index in [0.29, 0.717) is 55.4 Å². The number of alkyl halides is 3. The molecule has 0 aromatic carbocycles. The van der Waals surface area contributed by atoms with Gasteiger partial charge in [0, 0.05) is 64.3 Å². The summed E-state index contributed by atoms with van der Waals surface area (Å²) >= 11 is 0. The van der Waals surface area contributed by atoms with E-state index in [1.165, 1.54) is 16.7 Å². The fraction of sp³-hybridized carbons (Fsp3) is 0.375. The monoisotopic (exact) mass is 526 g/mol. The highest BCUT2D eigenvalue weighted by Gasteiger charge is 2.38. The third-order valence-electron chi connectivity index (χ3n) is 7.06. The number of aromatic nitrogens is 6. The number of nitrogens with zero attached hydrogens (tertiary/aromatic N) is 8. The van der Waals surface area contributed by atoms with Gasteiger partial charge >= 0.3 is 6.18 Å². The number of carbonyl (C=O) groups is 1. The lowest BCUT2D eigenvalue weighted by molar-refractivity contribution is -0.137. The third kappa shape index (κ3) is 4.45. The molecule has 0 bridgehead atoms. The molecular weight excluding hydrogens is 501 g/mol. The number of hydrogen-bond acceptors (Lipinski definition) is 8. The van der Waals surface area contributed by atoms with Crippen LogP contribution in [0.2, 0.25) is 0 Å². The molecule has 1 atom stereocenters. The Hall–Kier alpha value is -4.04. The molecule has 11 nitrogen and oxygen atoms in total. The first-order chi connectivity index (χ1) is 18.3. The second-order valence-corrected chi connectivity index (χ2v) is 9.46. The summed E-state index contributed by atoms with van der Waals surface area (Å²) < 4.78 is 42.9. The molecule has 38 heavy (non-hydrogen) atoms. The SMILES string of the molecule is Cn1cc(C(=O)N2CCN(c3ccnc(-c4cnc5ccc(C(F)(F)F)cn45)n3)CC2C2CNNC2)cn1. The summed E-state index contributed by atoms with van der Waals surface area (Å²) in [5, 5.41) is 4.14. The molecule has 14 heteroatoms. The smallest absolute Gasteiger partial charge is 0.353 e. The van der Waals surface area contributed by atoms with Crippen LogP contribution in [0.5, 0.6) is 0 Å². The molecule has 198 valence electrons. The molecule has 0 saturated carbocycles. The molecule has 0 aliphatic carbocycles. The van der Waals surface area contributed by atoms with Crippen molar-refractivity contribution in [1.82, 2.24) is 44.9 Å². The number of amides is 1. The van der Waals surface area contributed by atoms with Gasteiger partial charge in [0.25, 0.3) is 5.91 Å². The zero-order valence-corrected chi connectivity index (χ0v) is 20.4. The van der Waals surface area contributed by atoms with Crippen molar-refractivity contribution in [1.29, 1.82) is 0 Å². The van der Waals surface area contributed by atoms with E-state index in [1.807, 2.05) is 4.90 Å². The van der Waals surface area contributed by atoms with Crippen molar-refractivity contribution in [2.75, 3.05) is 37.6 Å². The average molecular weight is 527 g/mol. The highest BCUT2D eigenvalue weighted by Crippen LogP contribution is 2.31. The molecule has 1 amide bonds. The number of halogens is 3. The lowest BCUT2D eigenvalue weighted by Gasteiger charge is -2.44. The van der Waals surface area contributed by atoms with Crippen LogP contribution in [0.25, 0.3) is 17.2 Å². The maximum atomic E-state index is 13.4. The minimum absolute atomic E-state index is 0.0655. The van der Waals surface area contributed by atoms with E-state index in [2.05, 4.69) is 30.8 Å². The molecule has 2 N–H and O–H groups in total. The van der Waals surface area contributed by atoms with Crippen LogP contribution in [-0.4, -0.2) is 78.7 Å². The zero-order chi connectivity index (χ0) is 26.4. The summed E-state index contributed by atoms with van der Waals surface area (Å²) in [6, 6.07) is 4.00. The standard InChI is InChI=1S/C24H25F3N10O/c1-34-12-16(10-32-34)23(38)36-7-6-35(14-19(36)15-8-30-31-9-15)21-4-5-28-22(33-21)18-11-29-20-3-2-17(13-37(18)20)24(25,26)27/h2-5,10-13,15,19,30-31H,6-9,14H2,1H3. The van der Waals surface area contributed by atoms with E-state index in [1.54, 1.807) is 36.4 Å². The number of carbonyl (C=O) groups excluding carboxylic acids is 1. The van der Waals surface area contributed by atoms with Crippen LogP contribution in [0.4, 0.5) is 19.0 Å². The predicted molar refractivity (Wildman–Crippen MR) is 131 cm³/mol. The van der Waals surface area contributed by atoms with E-state index < -0.39 is 11.7 Å². The number of fused-ring (bicyclic) bond motifs is 1. The number of hydrazine groups is 1. The molecule has 4 aromatic rings. The van der Waals surface area contributed by atoms with Crippen LogP contribution in [0.1, 0.15) is 15.9 Å². The maximum absolute atomic E-state index is 13.4. The average Bonchev–Trinajstić information content (AvgIpc) is 3.68. The van der Waals surface area contributed by atoms with E-state index in [9.17, 15) is 18.0 Å². The van der Waals surface area contributed by atoms with E-state index in [-0.39, 0.29) is 23.7 Å². The van der Waals surface area contributed by atoms with Gasteiger partial charge in [0.2, 0.25) is 0 Å². The second-order valence-electron chi connectivity index (χ2n) is 9.46. The van der Waals surface area contributed by atoms with E-state index >= 15 is 0 Å². The number of anilines is 1. The van der Waals surface area contributed by atoms with Gasteiger partial charge in [0.15, 0.2) is 5.82 Å². The molecule has 2 aliphatic rings. The second kappa shape index (κ2) is 9.36. The summed E-state index contributed by atoms with van der Waals surface area (Å²) in [5.41, 5.74) is 6.79. The summed E-state index contributed by atoms with van der Waals surface area (Å²) in [7, 11) is 1.78. The van der Waals surface area contributed by atoms with Gasteiger partial charge < -0.3 is 9.80 Å². The lowest BCUT2D eigenvalue weighted by Crippen LogP contribution is -2.59. The number of nitrogens with one attached hydrogen (secondary N) is 2. The quantitative estimate of drug-likeness (QED) is 0.413. The molecule has 6 heterocycles. The summed E-state index contributed by atoms with van der Waals surface area (Å²) in [6.45, 7) is 3.00. The van der Waals surface area contributed by atoms with Gasteiger partial charge in [-0.3, -0.25) is 24.7 Å². The number of aryl methyl sites for hydroxylation is 1. The van der Waals surface area contributed by atoms with Crippen LogP contribution < -0.4 is 15.8 Å². The van der Waals surface area contributed by atoms with Crippen molar-refractivity contribution >= 4 is 17.4 Å². The van der Waals surface area contributed by atoms with Crippen molar-refractivity contribution in [3.63, 3.8) is 0 Å². The van der Waals surface area contributed by atoms with Gasteiger partial charge in [0.05, 0.1) is 29.6 Å². The van der Waals surface area contributed by atoms with Crippen LogP contribution >= 0.6 is 0 Å². The molecule has 2 fully saturated rings. The third-order valence-corrected chi connectivity index (χ3v) is 7.06. The largest absolute Gasteiger partial charge is 0.417 e. The molecule has 2 aliphatic heterocycles. The summed E-state index contributed by atoms with van der Waals surface area (Å²) in [5.74, 6) is 1.02. The van der Waals surface area contributed by atoms with Crippen molar-refractivity contribution in [3.05, 3.63) is 60.3 Å². The summed E-state index contributed by atoms with van der Waals surface area (Å²) in [6.07, 6.45) is 2.88. The number of piperazine rings is 1. The fourth-order valence-corrected chi connectivity index (χ4v) is 5.08. The molecule has 2 saturated heterocycles. The maximum Gasteiger partial charge on any atom is 0.417 e. The van der Waals surface area contributed by atoms with E-state index in [0.717, 1.165) is 12.3 Å². The van der Waals surface area contributed by atoms with E-state index in [4.69, 9.17) is 4.98 Å². The Morgan fingerprint density at radius 1 is 1.05 bits per heavy atom. The number of hydrogen-bond donors (Lipinski definition) is 2. The van der Waals surface area contributed by atoms with Gasteiger partial charge in [-0.05, 0) is 18.2 Å². The van der Waals surface area contributed by atoms with Crippen LogP contribution in [0.3, 0.4) is 0 Å². The Labute approximate surface area is 215 Å². The highest BCUT2D eigenvalue weighted by atomic mass is 19.4. The van der Waals surface area contributed by atoms with Crippen LogP contribution in [0, 0.1) is 5.92 Å². The van der Waals surface area contributed by atoms with Gasteiger partial charge in [-0.15, -0.1) is 0 Å². The Balaban J connectivity index is 1.29. The molecular formula is C24H25F3N10O. The Bertz CT molecular complexity index is 1480. The minimum Gasteiger partial charge on any atom is -0.353 e. The Kier molecular flexibility index (Phi) is 5.99.